The maximum absolute atomic E-state index is 9.79. The van der Waals surface area contributed by atoms with Crippen LogP contribution in [0.15, 0.2) is 18.3 Å². The number of hydrogen-bond acceptors (Lipinski definition) is 6. The Morgan fingerprint density at radius 1 is 1.21 bits per heavy atom. The van der Waals surface area contributed by atoms with Gasteiger partial charge in [-0.1, -0.05) is 26.7 Å². The van der Waals surface area contributed by atoms with Crippen molar-refractivity contribution in [1.29, 1.82) is 0 Å². The van der Waals surface area contributed by atoms with E-state index < -0.39 is 6.10 Å². The highest BCUT2D eigenvalue weighted by Crippen LogP contribution is 2.20. The highest BCUT2D eigenvalue weighted by atomic mass is 16.5. The summed E-state index contributed by atoms with van der Waals surface area (Å²) in [5.74, 6) is 1.17. The summed E-state index contributed by atoms with van der Waals surface area (Å²) in [5, 5.41) is 13.0. The molecule has 2 rings (SSSR count). The van der Waals surface area contributed by atoms with Crippen LogP contribution in [0.1, 0.15) is 39.5 Å². The van der Waals surface area contributed by atoms with E-state index in [1.165, 1.54) is 25.7 Å². The molecule has 1 heterocycles. The minimum Gasteiger partial charge on any atom is -0.490 e. The second-order valence-corrected chi connectivity index (χ2v) is 6.49. The SMILES string of the molecule is CC(C)NCC(O)COc1ccc(OCCOC2CCCC2)cn1. The van der Waals surface area contributed by atoms with E-state index in [-0.39, 0.29) is 6.61 Å². The highest BCUT2D eigenvalue weighted by Gasteiger charge is 2.14. The molecule has 1 atom stereocenters. The molecule has 1 aromatic heterocycles. The zero-order chi connectivity index (χ0) is 17.2. The average Bonchev–Trinajstić information content (AvgIpc) is 3.09. The fraction of sp³-hybridized carbons (Fsp3) is 0.722. The lowest BCUT2D eigenvalue weighted by molar-refractivity contribution is 0.0381. The summed E-state index contributed by atoms with van der Waals surface area (Å²) >= 11 is 0. The average molecular weight is 338 g/mol. The van der Waals surface area contributed by atoms with E-state index in [0.29, 0.717) is 43.5 Å². The summed E-state index contributed by atoms with van der Waals surface area (Å²) in [6.07, 6.45) is 6.39. The van der Waals surface area contributed by atoms with Gasteiger partial charge in [-0.2, -0.15) is 0 Å². The van der Waals surface area contributed by atoms with Crippen molar-refractivity contribution in [2.75, 3.05) is 26.4 Å². The van der Waals surface area contributed by atoms with Gasteiger partial charge in [0.1, 0.15) is 25.1 Å². The summed E-state index contributed by atoms with van der Waals surface area (Å²) in [7, 11) is 0. The Balaban J connectivity index is 1.59. The second kappa shape index (κ2) is 10.5. The third-order valence-electron chi connectivity index (χ3n) is 3.90. The predicted molar refractivity (Wildman–Crippen MR) is 92.6 cm³/mol. The van der Waals surface area contributed by atoms with Crippen molar-refractivity contribution >= 4 is 0 Å². The van der Waals surface area contributed by atoms with Gasteiger partial charge in [0.15, 0.2) is 0 Å². The van der Waals surface area contributed by atoms with Crippen molar-refractivity contribution < 1.29 is 19.3 Å². The first-order chi connectivity index (χ1) is 11.6. The number of nitrogens with zero attached hydrogens (tertiary/aromatic N) is 1. The van der Waals surface area contributed by atoms with Crippen LogP contribution in [0.25, 0.3) is 0 Å². The van der Waals surface area contributed by atoms with E-state index in [9.17, 15) is 5.11 Å². The molecular formula is C18H30N2O4. The monoisotopic (exact) mass is 338 g/mol. The van der Waals surface area contributed by atoms with Crippen molar-refractivity contribution in [2.45, 2.75) is 57.8 Å². The molecule has 0 saturated heterocycles. The van der Waals surface area contributed by atoms with Gasteiger partial charge in [0, 0.05) is 18.7 Å². The maximum atomic E-state index is 9.79. The van der Waals surface area contributed by atoms with Crippen molar-refractivity contribution in [3.8, 4) is 11.6 Å². The van der Waals surface area contributed by atoms with Gasteiger partial charge in [0.25, 0.3) is 0 Å². The number of aromatic nitrogens is 1. The predicted octanol–water partition coefficient (Wildman–Crippen LogP) is 2.16. The minimum absolute atomic E-state index is 0.210. The molecule has 0 radical (unpaired) electrons. The van der Waals surface area contributed by atoms with Gasteiger partial charge < -0.3 is 24.6 Å². The van der Waals surface area contributed by atoms with Gasteiger partial charge in [0.2, 0.25) is 5.88 Å². The van der Waals surface area contributed by atoms with Crippen LogP contribution >= 0.6 is 0 Å². The van der Waals surface area contributed by atoms with Crippen LogP contribution in [-0.2, 0) is 4.74 Å². The summed E-state index contributed by atoms with van der Waals surface area (Å²) in [6, 6.07) is 3.90. The van der Waals surface area contributed by atoms with Crippen LogP contribution in [0.3, 0.4) is 0 Å². The van der Waals surface area contributed by atoms with Crippen LogP contribution < -0.4 is 14.8 Å². The van der Waals surface area contributed by atoms with Crippen LogP contribution in [0.2, 0.25) is 0 Å². The largest absolute Gasteiger partial charge is 0.490 e. The van der Waals surface area contributed by atoms with Gasteiger partial charge in [-0.3, -0.25) is 0 Å². The van der Waals surface area contributed by atoms with Gasteiger partial charge >= 0.3 is 0 Å². The summed E-state index contributed by atoms with van der Waals surface area (Å²) < 4.78 is 16.8. The molecule has 0 amide bonds. The Labute approximate surface area is 144 Å². The lowest BCUT2D eigenvalue weighted by Gasteiger charge is -2.15. The van der Waals surface area contributed by atoms with Crippen LogP contribution in [0.5, 0.6) is 11.6 Å². The number of nitrogens with one attached hydrogen (secondary N) is 1. The van der Waals surface area contributed by atoms with E-state index in [4.69, 9.17) is 14.2 Å². The summed E-state index contributed by atoms with van der Waals surface area (Å²) in [4.78, 5) is 4.18. The van der Waals surface area contributed by atoms with Crippen molar-refractivity contribution in [3.05, 3.63) is 18.3 Å². The molecule has 0 aromatic carbocycles. The maximum Gasteiger partial charge on any atom is 0.213 e. The van der Waals surface area contributed by atoms with Crippen LogP contribution in [0.4, 0.5) is 0 Å². The quantitative estimate of drug-likeness (QED) is 0.603. The van der Waals surface area contributed by atoms with Crippen molar-refractivity contribution in [3.63, 3.8) is 0 Å². The van der Waals surface area contributed by atoms with Crippen LogP contribution in [0, 0.1) is 0 Å². The molecule has 1 saturated carbocycles. The van der Waals surface area contributed by atoms with Crippen molar-refractivity contribution in [1.82, 2.24) is 10.3 Å². The van der Waals surface area contributed by atoms with Gasteiger partial charge in [-0.25, -0.2) is 4.98 Å². The molecule has 6 nitrogen and oxygen atoms in total. The lowest BCUT2D eigenvalue weighted by atomic mass is 10.3. The Morgan fingerprint density at radius 2 is 2.00 bits per heavy atom. The Morgan fingerprint density at radius 3 is 2.67 bits per heavy atom. The van der Waals surface area contributed by atoms with Gasteiger partial charge in [-0.15, -0.1) is 0 Å². The molecule has 1 unspecified atom stereocenters. The zero-order valence-corrected chi connectivity index (χ0v) is 14.7. The Hall–Kier alpha value is -1.37. The zero-order valence-electron chi connectivity index (χ0n) is 14.7. The molecule has 0 aliphatic heterocycles. The fourth-order valence-electron chi connectivity index (χ4n) is 2.58. The molecule has 0 spiro atoms. The van der Waals surface area contributed by atoms with E-state index in [1.54, 1.807) is 12.3 Å². The third kappa shape index (κ3) is 7.47. The molecule has 0 bridgehead atoms. The van der Waals surface area contributed by atoms with E-state index in [0.717, 1.165) is 0 Å². The van der Waals surface area contributed by atoms with Crippen molar-refractivity contribution in [2.24, 2.45) is 0 Å². The number of aliphatic hydroxyl groups excluding tert-OH is 1. The second-order valence-electron chi connectivity index (χ2n) is 6.49. The molecule has 1 aliphatic carbocycles. The molecule has 6 heteroatoms. The lowest BCUT2D eigenvalue weighted by Crippen LogP contribution is -2.35. The molecule has 1 aliphatic rings. The topological polar surface area (TPSA) is 72.8 Å². The number of aliphatic hydroxyl groups is 1. The molecule has 1 aromatic rings. The van der Waals surface area contributed by atoms with Gasteiger partial charge in [0.05, 0.1) is 18.9 Å². The molecular weight excluding hydrogens is 308 g/mol. The fourth-order valence-corrected chi connectivity index (χ4v) is 2.58. The van der Waals surface area contributed by atoms with Crippen LogP contribution in [-0.4, -0.2) is 54.7 Å². The number of ether oxygens (including phenoxy) is 3. The van der Waals surface area contributed by atoms with E-state index >= 15 is 0 Å². The molecule has 1 fully saturated rings. The minimum atomic E-state index is -0.558. The first-order valence-electron chi connectivity index (χ1n) is 8.88. The Kier molecular flexibility index (Phi) is 8.28. The van der Waals surface area contributed by atoms with E-state index in [1.807, 2.05) is 19.9 Å². The summed E-state index contributed by atoms with van der Waals surface area (Å²) in [5.41, 5.74) is 0. The normalized spacial score (nSPS) is 16.5. The first kappa shape index (κ1) is 19.0. The van der Waals surface area contributed by atoms with E-state index in [2.05, 4.69) is 10.3 Å². The third-order valence-corrected chi connectivity index (χ3v) is 3.90. The highest BCUT2D eigenvalue weighted by molar-refractivity contribution is 5.22. The molecule has 2 N–H and O–H groups in total. The van der Waals surface area contributed by atoms with Gasteiger partial charge in [-0.05, 0) is 18.9 Å². The summed E-state index contributed by atoms with van der Waals surface area (Å²) in [6.45, 7) is 5.91. The molecule has 24 heavy (non-hydrogen) atoms. The smallest absolute Gasteiger partial charge is 0.213 e. The standard InChI is InChI=1S/C18H30N2O4/c1-14(2)19-11-15(21)13-24-18-8-7-17(12-20-18)23-10-9-22-16-5-3-4-6-16/h7-8,12,14-16,19,21H,3-6,9-11,13H2,1-2H3. The number of pyridine rings is 1. The Bertz CT molecular complexity index is 447. The first-order valence-corrected chi connectivity index (χ1v) is 8.88. The number of rotatable bonds is 11. The molecule has 136 valence electrons. The number of hydrogen-bond donors (Lipinski definition) is 2.